The maximum absolute atomic E-state index is 11.5. The topological polar surface area (TPSA) is 312 Å². The first-order valence-corrected chi connectivity index (χ1v) is 12.0. The lowest BCUT2D eigenvalue weighted by Gasteiger charge is -2.48. The minimum absolute atomic E-state index is 0.0390. The molecule has 1 aliphatic carbocycles. The molecule has 15 atom stereocenters. The van der Waals surface area contributed by atoms with Crippen LogP contribution in [0.3, 0.4) is 0 Å². The highest BCUT2D eigenvalue weighted by Gasteiger charge is 2.51. The van der Waals surface area contributed by atoms with E-state index in [1.165, 1.54) is 0 Å². The molecule has 17 nitrogen and oxygen atoms in total. The Morgan fingerprint density at radius 2 is 1.32 bits per heavy atom. The van der Waals surface area contributed by atoms with Crippen molar-refractivity contribution in [3.05, 3.63) is 0 Å². The number of nitrogens with two attached hydrogens (primary N) is 4. The lowest BCUT2D eigenvalue weighted by Crippen LogP contribution is -2.68. The number of aliphatic hydroxyl groups excluding tert-OH is 7. The van der Waals surface area contributed by atoms with Gasteiger partial charge in [-0.3, -0.25) is 4.79 Å². The quantitative estimate of drug-likeness (QED) is 0.136. The Bertz CT molecular complexity index is 755. The SMILES string of the molecule is NCC(=O)NC[C@H]1O[C@H](O[C@H]2[C@H](O)[C@@H](O[C@H]3O[C@H](CO)[C@@H](O)[C@H](N)[C@H]3O)[C@H](N)C[C@@H]2N)[C@H](O)[C@@H](O)[C@@H]1O. The molecule has 16 N–H and O–H groups in total. The molecule has 216 valence electrons. The molecule has 3 aliphatic rings. The third-order valence-electron chi connectivity index (χ3n) is 6.94. The molecule has 0 spiro atoms. The number of nitrogens with one attached hydrogen (secondary N) is 1. The van der Waals surface area contributed by atoms with E-state index in [4.69, 9.17) is 41.9 Å². The number of amides is 1. The van der Waals surface area contributed by atoms with Crippen LogP contribution in [-0.4, -0.2) is 153 Å². The number of hydrogen-bond acceptors (Lipinski definition) is 16. The van der Waals surface area contributed by atoms with Gasteiger partial charge >= 0.3 is 0 Å². The highest BCUT2D eigenvalue weighted by Crippen LogP contribution is 2.31. The maximum Gasteiger partial charge on any atom is 0.233 e. The summed E-state index contributed by atoms with van der Waals surface area (Å²) in [5, 5.41) is 74.2. The highest BCUT2D eigenvalue weighted by molar-refractivity contribution is 5.77. The van der Waals surface area contributed by atoms with Crippen molar-refractivity contribution in [1.29, 1.82) is 0 Å². The first-order valence-electron chi connectivity index (χ1n) is 12.0. The van der Waals surface area contributed by atoms with E-state index in [-0.39, 0.29) is 19.5 Å². The van der Waals surface area contributed by atoms with E-state index in [0.717, 1.165) is 0 Å². The van der Waals surface area contributed by atoms with Crippen LogP contribution in [0.25, 0.3) is 0 Å². The lowest BCUT2D eigenvalue weighted by atomic mass is 9.84. The van der Waals surface area contributed by atoms with Gasteiger partial charge in [-0.2, -0.15) is 0 Å². The van der Waals surface area contributed by atoms with Gasteiger partial charge in [-0.1, -0.05) is 0 Å². The van der Waals surface area contributed by atoms with E-state index < -0.39 is 104 Å². The third-order valence-corrected chi connectivity index (χ3v) is 6.94. The second-order valence-electron chi connectivity index (χ2n) is 9.56. The van der Waals surface area contributed by atoms with Crippen molar-refractivity contribution in [3.8, 4) is 0 Å². The largest absolute Gasteiger partial charge is 0.394 e. The van der Waals surface area contributed by atoms with Crippen LogP contribution in [0.2, 0.25) is 0 Å². The van der Waals surface area contributed by atoms with Crippen LogP contribution in [0, 0.1) is 0 Å². The Morgan fingerprint density at radius 3 is 1.86 bits per heavy atom. The van der Waals surface area contributed by atoms with Crippen LogP contribution in [-0.2, 0) is 23.7 Å². The number of carbonyl (C=O) groups excluding carboxylic acids is 1. The first-order chi connectivity index (χ1) is 17.4. The summed E-state index contributed by atoms with van der Waals surface area (Å²) in [4.78, 5) is 11.5. The normalized spacial score (nSPS) is 49.0. The summed E-state index contributed by atoms with van der Waals surface area (Å²) in [6.45, 7) is -1.19. The van der Waals surface area contributed by atoms with Crippen molar-refractivity contribution in [1.82, 2.24) is 5.32 Å². The van der Waals surface area contributed by atoms with Gasteiger partial charge in [-0.15, -0.1) is 0 Å². The van der Waals surface area contributed by atoms with Gasteiger partial charge in [0.2, 0.25) is 5.91 Å². The molecule has 0 bridgehead atoms. The Morgan fingerprint density at radius 1 is 0.784 bits per heavy atom. The van der Waals surface area contributed by atoms with E-state index in [9.17, 15) is 40.5 Å². The molecule has 1 saturated carbocycles. The fourth-order valence-corrected chi connectivity index (χ4v) is 4.66. The Hall–Kier alpha value is -1.13. The smallest absolute Gasteiger partial charge is 0.233 e. The predicted molar refractivity (Wildman–Crippen MR) is 121 cm³/mol. The van der Waals surface area contributed by atoms with E-state index in [2.05, 4.69) is 5.32 Å². The maximum atomic E-state index is 11.5. The van der Waals surface area contributed by atoms with Crippen LogP contribution < -0.4 is 28.3 Å². The molecule has 37 heavy (non-hydrogen) atoms. The standard InChI is InChI=1S/C20H39N5O12/c21-2-9(27)25-3-7-12(29)14(31)15(32)20(34-7)37-18-6(23)1-5(22)17(16(18)33)36-19-13(30)10(24)11(28)8(4-26)35-19/h5-8,10-20,26,28-33H,1-4,21-24H2,(H,25,27)/t5-,6+,7-,8-,10+,11-,12-,13-,14+,15-,16-,17+,18-,19-,20-/m1/s1. The molecule has 2 heterocycles. The van der Waals surface area contributed by atoms with Crippen LogP contribution in [0.4, 0.5) is 0 Å². The van der Waals surface area contributed by atoms with Gasteiger partial charge in [-0.05, 0) is 6.42 Å². The van der Waals surface area contributed by atoms with Crippen molar-refractivity contribution in [2.75, 3.05) is 19.7 Å². The van der Waals surface area contributed by atoms with Crippen LogP contribution in [0.5, 0.6) is 0 Å². The number of carbonyl (C=O) groups is 1. The summed E-state index contributed by atoms with van der Waals surface area (Å²) >= 11 is 0. The Kier molecular flexibility index (Phi) is 10.5. The number of ether oxygens (including phenoxy) is 4. The molecule has 0 aromatic heterocycles. The van der Waals surface area contributed by atoms with Gasteiger partial charge < -0.3 is 82.9 Å². The molecule has 2 aliphatic heterocycles. The monoisotopic (exact) mass is 541 g/mol. The van der Waals surface area contributed by atoms with E-state index in [0.29, 0.717) is 0 Å². The van der Waals surface area contributed by atoms with Gasteiger partial charge in [0.05, 0.1) is 19.2 Å². The molecule has 0 unspecified atom stereocenters. The highest BCUT2D eigenvalue weighted by atomic mass is 16.7. The second kappa shape index (κ2) is 12.8. The predicted octanol–water partition coefficient (Wildman–Crippen LogP) is -8.18. The second-order valence-corrected chi connectivity index (χ2v) is 9.56. The van der Waals surface area contributed by atoms with E-state index in [1.807, 2.05) is 0 Å². The third kappa shape index (κ3) is 6.55. The molecular weight excluding hydrogens is 502 g/mol. The zero-order valence-electron chi connectivity index (χ0n) is 20.0. The Labute approximate surface area is 212 Å². The van der Waals surface area contributed by atoms with Gasteiger partial charge in [0.1, 0.15) is 61.0 Å². The molecule has 0 radical (unpaired) electrons. The molecule has 3 fully saturated rings. The molecule has 2 saturated heterocycles. The zero-order valence-corrected chi connectivity index (χ0v) is 20.0. The molecule has 0 aromatic carbocycles. The van der Waals surface area contributed by atoms with Crippen molar-refractivity contribution in [2.24, 2.45) is 22.9 Å². The van der Waals surface area contributed by atoms with Crippen LogP contribution in [0.1, 0.15) is 6.42 Å². The van der Waals surface area contributed by atoms with Gasteiger partial charge in [0.15, 0.2) is 12.6 Å². The van der Waals surface area contributed by atoms with E-state index in [1.54, 1.807) is 0 Å². The summed E-state index contributed by atoms with van der Waals surface area (Å²) < 4.78 is 22.4. The summed E-state index contributed by atoms with van der Waals surface area (Å²) in [6, 6.07) is -3.00. The molecule has 0 aromatic rings. The number of rotatable bonds is 8. The van der Waals surface area contributed by atoms with Crippen LogP contribution >= 0.6 is 0 Å². The lowest BCUT2D eigenvalue weighted by molar-refractivity contribution is -0.332. The van der Waals surface area contributed by atoms with Crippen molar-refractivity contribution in [2.45, 2.75) is 98.2 Å². The van der Waals surface area contributed by atoms with Crippen molar-refractivity contribution < 1.29 is 59.5 Å². The number of aliphatic hydroxyl groups is 7. The molecule has 1 amide bonds. The van der Waals surface area contributed by atoms with E-state index >= 15 is 0 Å². The Balaban J connectivity index is 1.71. The summed E-state index contributed by atoms with van der Waals surface area (Å²) in [5.74, 6) is -0.546. The minimum Gasteiger partial charge on any atom is -0.394 e. The number of hydrogen-bond donors (Lipinski definition) is 12. The molecular formula is C20H39N5O12. The summed E-state index contributed by atoms with van der Waals surface area (Å²) in [6.07, 6.45) is -17.4. The van der Waals surface area contributed by atoms with Gasteiger partial charge in [-0.25, -0.2) is 0 Å². The average molecular weight is 542 g/mol. The molecule has 17 heteroatoms. The first kappa shape index (κ1) is 30.4. The van der Waals surface area contributed by atoms with Gasteiger partial charge in [0.25, 0.3) is 0 Å². The molecule has 3 rings (SSSR count). The summed E-state index contributed by atoms with van der Waals surface area (Å²) in [7, 11) is 0. The van der Waals surface area contributed by atoms with Crippen molar-refractivity contribution >= 4 is 5.91 Å². The average Bonchev–Trinajstić information content (AvgIpc) is 2.87. The summed E-state index contributed by atoms with van der Waals surface area (Å²) in [5.41, 5.74) is 23.3. The fourth-order valence-electron chi connectivity index (χ4n) is 4.66. The minimum atomic E-state index is -1.75. The van der Waals surface area contributed by atoms with Crippen LogP contribution in [0.15, 0.2) is 0 Å². The van der Waals surface area contributed by atoms with Gasteiger partial charge in [0, 0.05) is 18.6 Å². The fraction of sp³-hybridized carbons (Fsp3) is 0.950. The van der Waals surface area contributed by atoms with Crippen molar-refractivity contribution in [3.63, 3.8) is 0 Å². The zero-order chi connectivity index (χ0) is 27.6.